The smallest absolute Gasteiger partial charge is 0.429 e. The van der Waals surface area contributed by atoms with Crippen LogP contribution in [-0.4, -0.2) is 24.5 Å². The van der Waals surface area contributed by atoms with E-state index in [9.17, 15) is 4.79 Å². The van der Waals surface area contributed by atoms with Crippen molar-refractivity contribution in [1.82, 2.24) is 5.32 Å². The molecule has 0 bridgehead atoms. The third kappa shape index (κ3) is 4.12. The minimum Gasteiger partial charge on any atom is -0.429 e. The molecule has 4 nitrogen and oxygen atoms in total. The molecule has 0 aromatic rings. The van der Waals surface area contributed by atoms with Crippen LogP contribution < -0.4 is 5.32 Å². The first-order valence-corrected chi connectivity index (χ1v) is 4.53. The van der Waals surface area contributed by atoms with Crippen LogP contribution in [0.15, 0.2) is 0 Å². The van der Waals surface area contributed by atoms with E-state index in [0.717, 1.165) is 19.4 Å². The summed E-state index contributed by atoms with van der Waals surface area (Å²) in [7, 11) is 0. The van der Waals surface area contributed by atoms with E-state index in [1.165, 1.54) is 0 Å². The molecule has 1 fully saturated rings. The van der Waals surface area contributed by atoms with Crippen LogP contribution >= 0.6 is 0 Å². The maximum absolute atomic E-state index is 11.1. The molecular formula is C9H16NO3. The summed E-state index contributed by atoms with van der Waals surface area (Å²) >= 11 is 0. The quantitative estimate of drug-likeness (QED) is 0.585. The average Bonchev–Trinajstić information content (AvgIpc) is 2.34. The maximum Gasteiger partial charge on any atom is 0.510 e. The summed E-state index contributed by atoms with van der Waals surface area (Å²) < 4.78 is 9.94. The number of nitrogens with zero attached hydrogens (tertiary/aromatic N) is 1. The van der Waals surface area contributed by atoms with Gasteiger partial charge in [-0.25, -0.2) is 10.1 Å². The van der Waals surface area contributed by atoms with E-state index in [1.54, 1.807) is 20.8 Å². The normalized spacial score (nSPS) is 22.8. The van der Waals surface area contributed by atoms with Gasteiger partial charge in [-0.1, -0.05) is 0 Å². The Kier molecular flexibility index (Phi) is 3.14. The SMILES string of the molecule is CC(C)(C)OC(=O)OC1CCC[N]1. The van der Waals surface area contributed by atoms with Crippen LogP contribution in [0, 0.1) is 0 Å². The van der Waals surface area contributed by atoms with Gasteiger partial charge in [-0.3, -0.25) is 0 Å². The fourth-order valence-corrected chi connectivity index (χ4v) is 1.07. The topological polar surface area (TPSA) is 49.6 Å². The predicted octanol–water partition coefficient (Wildman–Crippen LogP) is 1.66. The molecule has 1 heterocycles. The van der Waals surface area contributed by atoms with Crippen molar-refractivity contribution >= 4 is 6.16 Å². The van der Waals surface area contributed by atoms with Crippen LogP contribution in [0.2, 0.25) is 0 Å². The average molecular weight is 186 g/mol. The van der Waals surface area contributed by atoms with Crippen molar-refractivity contribution in [3.63, 3.8) is 0 Å². The van der Waals surface area contributed by atoms with E-state index in [1.807, 2.05) is 0 Å². The first kappa shape index (κ1) is 10.3. The lowest BCUT2D eigenvalue weighted by Crippen LogP contribution is -2.29. The van der Waals surface area contributed by atoms with Crippen LogP contribution in [0.4, 0.5) is 4.79 Å². The Balaban J connectivity index is 2.24. The largest absolute Gasteiger partial charge is 0.510 e. The van der Waals surface area contributed by atoms with Gasteiger partial charge in [0.1, 0.15) is 5.60 Å². The lowest BCUT2D eigenvalue weighted by molar-refractivity contribution is -0.0302. The molecule has 1 atom stereocenters. The van der Waals surface area contributed by atoms with Crippen molar-refractivity contribution in [3.8, 4) is 0 Å². The summed E-state index contributed by atoms with van der Waals surface area (Å²) in [6.45, 7) is 6.20. The first-order valence-electron chi connectivity index (χ1n) is 4.53. The lowest BCUT2D eigenvalue weighted by atomic mass is 10.2. The molecule has 0 aliphatic carbocycles. The zero-order valence-electron chi connectivity index (χ0n) is 8.37. The molecule has 1 radical (unpaired) electrons. The van der Waals surface area contributed by atoms with E-state index in [0.29, 0.717) is 0 Å². The Bertz CT molecular complexity index is 180. The molecule has 0 amide bonds. The van der Waals surface area contributed by atoms with E-state index in [2.05, 4.69) is 5.32 Å². The van der Waals surface area contributed by atoms with E-state index in [4.69, 9.17) is 9.47 Å². The molecule has 1 saturated heterocycles. The van der Waals surface area contributed by atoms with Crippen LogP contribution in [0.5, 0.6) is 0 Å². The molecule has 0 spiro atoms. The van der Waals surface area contributed by atoms with Gasteiger partial charge < -0.3 is 9.47 Å². The Hall–Kier alpha value is -0.770. The molecule has 1 rings (SSSR count). The van der Waals surface area contributed by atoms with Crippen LogP contribution in [0.3, 0.4) is 0 Å². The second kappa shape index (κ2) is 3.96. The van der Waals surface area contributed by atoms with Crippen molar-refractivity contribution in [2.75, 3.05) is 6.54 Å². The van der Waals surface area contributed by atoms with Gasteiger partial charge in [0.15, 0.2) is 6.23 Å². The highest BCUT2D eigenvalue weighted by molar-refractivity contribution is 5.60. The summed E-state index contributed by atoms with van der Waals surface area (Å²) in [5, 5.41) is 4.08. The van der Waals surface area contributed by atoms with Gasteiger partial charge in [0, 0.05) is 13.0 Å². The van der Waals surface area contributed by atoms with Crippen molar-refractivity contribution in [2.24, 2.45) is 0 Å². The zero-order chi connectivity index (χ0) is 9.90. The number of carbonyl (C=O) groups excluding carboxylic acids is 1. The molecule has 1 aliphatic heterocycles. The fourth-order valence-electron chi connectivity index (χ4n) is 1.07. The minimum atomic E-state index is -0.622. The van der Waals surface area contributed by atoms with Crippen LogP contribution in [0.25, 0.3) is 0 Å². The Morgan fingerprint density at radius 2 is 2.15 bits per heavy atom. The summed E-state index contributed by atoms with van der Waals surface area (Å²) in [5.41, 5.74) is -0.490. The molecule has 0 aromatic carbocycles. The molecule has 75 valence electrons. The van der Waals surface area contributed by atoms with Gasteiger partial charge in [-0.05, 0) is 27.2 Å². The monoisotopic (exact) mass is 186 g/mol. The van der Waals surface area contributed by atoms with E-state index < -0.39 is 11.8 Å². The highest BCUT2D eigenvalue weighted by Gasteiger charge is 2.23. The molecule has 0 aromatic heterocycles. The molecule has 0 saturated carbocycles. The van der Waals surface area contributed by atoms with Gasteiger partial charge in [0.25, 0.3) is 0 Å². The summed E-state index contributed by atoms with van der Waals surface area (Å²) in [5.74, 6) is 0. The van der Waals surface area contributed by atoms with Crippen molar-refractivity contribution < 1.29 is 14.3 Å². The summed E-state index contributed by atoms with van der Waals surface area (Å²) in [6, 6.07) is 0. The summed E-state index contributed by atoms with van der Waals surface area (Å²) in [6.07, 6.45) is 0.908. The van der Waals surface area contributed by atoms with Crippen molar-refractivity contribution in [3.05, 3.63) is 0 Å². The number of ether oxygens (including phenoxy) is 2. The fraction of sp³-hybridized carbons (Fsp3) is 0.889. The molecule has 0 N–H and O–H groups in total. The second-order valence-corrected chi connectivity index (χ2v) is 4.09. The molecule has 1 aliphatic rings. The zero-order valence-corrected chi connectivity index (χ0v) is 8.37. The van der Waals surface area contributed by atoms with E-state index >= 15 is 0 Å². The molecule has 4 heteroatoms. The third-order valence-corrected chi connectivity index (χ3v) is 1.56. The highest BCUT2D eigenvalue weighted by Crippen LogP contribution is 2.13. The molecule has 1 unspecified atom stereocenters. The number of hydrogen-bond donors (Lipinski definition) is 0. The highest BCUT2D eigenvalue weighted by atomic mass is 16.7. The maximum atomic E-state index is 11.1. The Morgan fingerprint density at radius 3 is 2.62 bits per heavy atom. The number of hydrogen-bond acceptors (Lipinski definition) is 3. The van der Waals surface area contributed by atoms with Gasteiger partial charge in [0.05, 0.1) is 0 Å². The summed E-state index contributed by atoms with van der Waals surface area (Å²) in [4.78, 5) is 11.1. The van der Waals surface area contributed by atoms with Crippen molar-refractivity contribution in [1.29, 1.82) is 0 Å². The van der Waals surface area contributed by atoms with E-state index in [-0.39, 0.29) is 6.23 Å². The van der Waals surface area contributed by atoms with Crippen LogP contribution in [-0.2, 0) is 9.47 Å². The van der Waals surface area contributed by atoms with Crippen LogP contribution in [0.1, 0.15) is 33.6 Å². The second-order valence-electron chi connectivity index (χ2n) is 4.09. The Morgan fingerprint density at radius 1 is 1.46 bits per heavy atom. The van der Waals surface area contributed by atoms with Crippen molar-refractivity contribution in [2.45, 2.75) is 45.4 Å². The van der Waals surface area contributed by atoms with Gasteiger partial charge in [0.2, 0.25) is 0 Å². The number of rotatable bonds is 1. The van der Waals surface area contributed by atoms with Gasteiger partial charge in [-0.15, -0.1) is 0 Å². The predicted molar refractivity (Wildman–Crippen MR) is 47.3 cm³/mol. The minimum absolute atomic E-state index is 0.283. The lowest BCUT2D eigenvalue weighted by Gasteiger charge is -2.20. The molecule has 13 heavy (non-hydrogen) atoms. The Labute approximate surface area is 78.6 Å². The third-order valence-electron chi connectivity index (χ3n) is 1.56. The van der Waals surface area contributed by atoms with Gasteiger partial charge >= 0.3 is 6.16 Å². The molecular weight excluding hydrogens is 170 g/mol. The standard InChI is InChI=1S/C9H16NO3/c1-9(2,3)13-8(11)12-7-5-4-6-10-7/h7H,4-6H2,1-3H3. The number of carbonyl (C=O) groups is 1. The first-order chi connectivity index (χ1) is 5.97. The van der Waals surface area contributed by atoms with Gasteiger partial charge in [-0.2, -0.15) is 0 Å².